The number of amides is 1. The highest BCUT2D eigenvalue weighted by atomic mass is 19.3. The van der Waals surface area contributed by atoms with Gasteiger partial charge in [0.15, 0.2) is 0 Å². The van der Waals surface area contributed by atoms with Gasteiger partial charge >= 0.3 is 6.09 Å². The summed E-state index contributed by atoms with van der Waals surface area (Å²) in [5.41, 5.74) is -0.728. The van der Waals surface area contributed by atoms with Crippen molar-refractivity contribution >= 4 is 6.09 Å². The second-order valence-electron chi connectivity index (χ2n) is 7.68. The van der Waals surface area contributed by atoms with Crippen LogP contribution in [0.25, 0.3) is 0 Å². The van der Waals surface area contributed by atoms with Crippen LogP contribution < -0.4 is 4.74 Å². The van der Waals surface area contributed by atoms with Crippen LogP contribution in [0.3, 0.4) is 0 Å². The number of fused-ring (bicyclic) bond motifs is 2. The van der Waals surface area contributed by atoms with Crippen LogP contribution in [0.1, 0.15) is 58.4 Å². The molecular weight excluding hydrogens is 330 g/mol. The number of hydrogen-bond donors (Lipinski definition) is 0. The molecule has 0 unspecified atom stereocenters. The molecule has 138 valence electrons. The monoisotopic (exact) mass is 354 g/mol. The van der Waals surface area contributed by atoms with Gasteiger partial charge in [-0.1, -0.05) is 0 Å². The fraction of sp³-hybridized carbons (Fsp3) is 0.667. The summed E-state index contributed by atoms with van der Waals surface area (Å²) in [6, 6.07) is 2.86. The molecule has 0 N–H and O–H groups in total. The quantitative estimate of drug-likeness (QED) is 0.811. The Bertz CT molecular complexity index is 619. The van der Waals surface area contributed by atoms with Crippen LogP contribution in [0.5, 0.6) is 5.88 Å². The first-order valence-electron chi connectivity index (χ1n) is 8.65. The molecule has 2 aliphatic heterocycles. The van der Waals surface area contributed by atoms with Crippen molar-refractivity contribution < 1.29 is 23.0 Å². The first-order chi connectivity index (χ1) is 11.7. The van der Waals surface area contributed by atoms with Gasteiger partial charge in [0, 0.05) is 31.1 Å². The van der Waals surface area contributed by atoms with Gasteiger partial charge in [-0.05, 0) is 45.7 Å². The number of halogens is 2. The van der Waals surface area contributed by atoms with E-state index in [4.69, 9.17) is 9.47 Å². The maximum Gasteiger partial charge on any atom is 0.410 e. The van der Waals surface area contributed by atoms with Crippen LogP contribution in [-0.4, -0.2) is 39.8 Å². The molecule has 2 bridgehead atoms. The van der Waals surface area contributed by atoms with Crippen molar-refractivity contribution in [2.45, 2.75) is 76.7 Å². The molecule has 1 aromatic rings. The Kier molecular flexibility index (Phi) is 4.84. The zero-order valence-electron chi connectivity index (χ0n) is 14.7. The standard InChI is InChI=1S/C18H24F2N2O3/c1-18(2,3)25-17(23)22-11-6-7-12(22)10-13(9-11)24-16-14(15(19)20)5-4-8-21-16/h4-5,8,11-13,15H,6-7,9-10H2,1-3H3/t11-,12+,13+. The van der Waals surface area contributed by atoms with E-state index in [0.717, 1.165) is 12.8 Å². The molecule has 0 spiro atoms. The number of ether oxygens (including phenoxy) is 2. The molecule has 2 fully saturated rings. The predicted octanol–water partition coefficient (Wildman–Crippen LogP) is 4.33. The number of rotatable bonds is 3. The minimum absolute atomic E-state index is 0.00684. The summed E-state index contributed by atoms with van der Waals surface area (Å²) in [7, 11) is 0. The predicted molar refractivity (Wildman–Crippen MR) is 87.7 cm³/mol. The Morgan fingerprint density at radius 1 is 1.28 bits per heavy atom. The first kappa shape index (κ1) is 17.9. The average molecular weight is 354 g/mol. The lowest BCUT2D eigenvalue weighted by molar-refractivity contribution is -0.00808. The van der Waals surface area contributed by atoms with Gasteiger partial charge in [-0.2, -0.15) is 0 Å². The molecule has 0 aromatic carbocycles. The highest BCUT2D eigenvalue weighted by Crippen LogP contribution is 2.39. The van der Waals surface area contributed by atoms with E-state index < -0.39 is 12.0 Å². The van der Waals surface area contributed by atoms with Gasteiger partial charge < -0.3 is 14.4 Å². The fourth-order valence-corrected chi connectivity index (χ4v) is 3.66. The van der Waals surface area contributed by atoms with Gasteiger partial charge in [0.05, 0.1) is 5.56 Å². The van der Waals surface area contributed by atoms with Crippen LogP contribution in [0.2, 0.25) is 0 Å². The highest BCUT2D eigenvalue weighted by Gasteiger charge is 2.45. The molecule has 1 aromatic heterocycles. The van der Waals surface area contributed by atoms with Gasteiger partial charge in [0.2, 0.25) is 5.88 Å². The van der Waals surface area contributed by atoms with E-state index in [1.54, 1.807) is 4.90 Å². The minimum Gasteiger partial charge on any atom is -0.474 e. The lowest BCUT2D eigenvalue weighted by Crippen LogP contribution is -2.50. The number of nitrogens with zero attached hydrogens (tertiary/aromatic N) is 2. The number of pyridine rings is 1. The molecule has 2 saturated heterocycles. The van der Waals surface area contributed by atoms with Crippen LogP contribution in [0.15, 0.2) is 18.3 Å². The van der Waals surface area contributed by atoms with Crippen LogP contribution >= 0.6 is 0 Å². The van der Waals surface area contributed by atoms with Crippen LogP contribution in [0.4, 0.5) is 13.6 Å². The Morgan fingerprint density at radius 2 is 1.92 bits per heavy atom. The Labute approximate surface area is 146 Å². The lowest BCUT2D eigenvalue weighted by Gasteiger charge is -2.39. The van der Waals surface area contributed by atoms with Gasteiger partial charge in [-0.3, -0.25) is 0 Å². The molecule has 5 nitrogen and oxygen atoms in total. The Morgan fingerprint density at radius 3 is 2.48 bits per heavy atom. The molecule has 0 radical (unpaired) electrons. The minimum atomic E-state index is -2.62. The van der Waals surface area contributed by atoms with E-state index in [2.05, 4.69) is 4.98 Å². The van der Waals surface area contributed by atoms with Crippen molar-refractivity contribution in [2.24, 2.45) is 0 Å². The molecule has 3 heterocycles. The smallest absolute Gasteiger partial charge is 0.410 e. The zero-order valence-corrected chi connectivity index (χ0v) is 14.7. The number of carbonyl (C=O) groups is 1. The summed E-state index contributed by atoms with van der Waals surface area (Å²) in [6.45, 7) is 5.53. The molecule has 2 aliphatic rings. The third kappa shape index (κ3) is 4.02. The average Bonchev–Trinajstić information content (AvgIpc) is 2.78. The lowest BCUT2D eigenvalue weighted by atomic mass is 10.00. The number of hydrogen-bond acceptors (Lipinski definition) is 4. The van der Waals surface area contributed by atoms with E-state index in [1.807, 2.05) is 20.8 Å². The molecule has 0 saturated carbocycles. The van der Waals surface area contributed by atoms with Gasteiger partial charge in [-0.15, -0.1) is 0 Å². The molecule has 25 heavy (non-hydrogen) atoms. The van der Waals surface area contributed by atoms with Crippen molar-refractivity contribution in [3.8, 4) is 5.88 Å². The number of carbonyl (C=O) groups excluding carboxylic acids is 1. The second-order valence-corrected chi connectivity index (χ2v) is 7.68. The summed E-state index contributed by atoms with van der Waals surface area (Å²) in [4.78, 5) is 18.2. The largest absolute Gasteiger partial charge is 0.474 e. The van der Waals surface area contributed by atoms with E-state index in [9.17, 15) is 13.6 Å². The SMILES string of the molecule is CC(C)(C)OC(=O)N1[C@@H]2CC[C@H]1C[C@@H](Oc1ncccc1C(F)F)C2. The van der Waals surface area contributed by atoms with E-state index in [1.165, 1.54) is 18.3 Å². The molecular formula is C18H24F2N2O3. The normalized spacial score (nSPS) is 26.0. The highest BCUT2D eigenvalue weighted by molar-refractivity contribution is 5.69. The maximum atomic E-state index is 13.1. The van der Waals surface area contributed by atoms with Crippen molar-refractivity contribution in [1.29, 1.82) is 0 Å². The number of aromatic nitrogens is 1. The maximum absolute atomic E-state index is 13.1. The Hall–Kier alpha value is -1.92. The number of alkyl halides is 2. The number of piperidine rings is 1. The van der Waals surface area contributed by atoms with Gasteiger partial charge in [0.25, 0.3) is 6.43 Å². The van der Waals surface area contributed by atoms with Crippen molar-refractivity contribution in [3.63, 3.8) is 0 Å². The van der Waals surface area contributed by atoms with Gasteiger partial charge in [-0.25, -0.2) is 18.6 Å². The summed E-state index contributed by atoms with van der Waals surface area (Å²) < 4.78 is 37.5. The molecule has 3 rings (SSSR count). The Balaban J connectivity index is 1.67. The fourth-order valence-electron chi connectivity index (χ4n) is 3.66. The summed E-state index contributed by atoms with van der Waals surface area (Å²) in [5, 5.41) is 0. The topological polar surface area (TPSA) is 51.7 Å². The third-order valence-electron chi connectivity index (χ3n) is 4.61. The summed E-state index contributed by atoms with van der Waals surface area (Å²) in [5.74, 6) is -0.00684. The van der Waals surface area contributed by atoms with Gasteiger partial charge in [0.1, 0.15) is 11.7 Å². The van der Waals surface area contributed by atoms with E-state index in [-0.39, 0.29) is 35.7 Å². The molecule has 0 aliphatic carbocycles. The summed E-state index contributed by atoms with van der Waals surface area (Å²) in [6.07, 6.45) is 1.28. The van der Waals surface area contributed by atoms with E-state index in [0.29, 0.717) is 12.8 Å². The van der Waals surface area contributed by atoms with E-state index >= 15 is 0 Å². The van der Waals surface area contributed by atoms with Crippen LogP contribution in [0, 0.1) is 0 Å². The first-order valence-corrected chi connectivity index (χ1v) is 8.65. The van der Waals surface area contributed by atoms with Crippen molar-refractivity contribution in [1.82, 2.24) is 9.88 Å². The van der Waals surface area contributed by atoms with Crippen molar-refractivity contribution in [3.05, 3.63) is 23.9 Å². The van der Waals surface area contributed by atoms with Crippen LogP contribution in [-0.2, 0) is 4.74 Å². The second kappa shape index (κ2) is 6.77. The molecule has 7 heteroatoms. The zero-order chi connectivity index (χ0) is 18.2. The molecule has 3 atom stereocenters. The molecule has 1 amide bonds. The summed E-state index contributed by atoms with van der Waals surface area (Å²) >= 11 is 0. The van der Waals surface area contributed by atoms with Crippen molar-refractivity contribution in [2.75, 3.05) is 0 Å². The third-order valence-corrected chi connectivity index (χ3v) is 4.61.